The highest BCUT2D eigenvalue weighted by Gasteiger charge is 2.33. The fourth-order valence-electron chi connectivity index (χ4n) is 3.73. The number of aryl methyl sites for hydroxylation is 1. The number of sulfonamides is 1. The summed E-state index contributed by atoms with van der Waals surface area (Å²) in [7, 11) is -1.95. The van der Waals surface area contributed by atoms with E-state index < -0.39 is 16.1 Å². The minimum Gasteiger partial charge on any atom is -0.369 e. The average Bonchev–Trinajstić information content (AvgIpc) is 3.49. The highest BCUT2D eigenvalue weighted by molar-refractivity contribution is 7.89. The number of ether oxygens (including phenoxy) is 1. The molecule has 4 aromatic rings. The van der Waals surface area contributed by atoms with Gasteiger partial charge < -0.3 is 14.6 Å². The van der Waals surface area contributed by atoms with Gasteiger partial charge in [-0.3, -0.25) is 0 Å². The molecule has 0 saturated carbocycles. The Bertz CT molecular complexity index is 1370. The third-order valence-corrected chi connectivity index (χ3v) is 8.09. The van der Waals surface area contributed by atoms with Crippen LogP contribution in [0.5, 0.6) is 0 Å². The zero-order valence-electron chi connectivity index (χ0n) is 18.5. The van der Waals surface area contributed by atoms with E-state index in [9.17, 15) is 8.42 Å². The molecule has 4 heterocycles. The third-order valence-electron chi connectivity index (χ3n) is 5.42. The van der Waals surface area contributed by atoms with Crippen molar-refractivity contribution in [3.05, 3.63) is 83.4 Å². The lowest BCUT2D eigenvalue weighted by Crippen LogP contribution is -2.42. The van der Waals surface area contributed by atoms with Gasteiger partial charge in [0.05, 0.1) is 18.6 Å². The van der Waals surface area contributed by atoms with Crippen molar-refractivity contribution >= 4 is 32.3 Å². The summed E-state index contributed by atoms with van der Waals surface area (Å²) in [4.78, 5) is 14.3. The van der Waals surface area contributed by atoms with Crippen LogP contribution in [-0.2, 0) is 28.2 Å². The van der Waals surface area contributed by atoms with Gasteiger partial charge in [0.15, 0.2) is 10.2 Å². The predicted molar refractivity (Wildman–Crippen MR) is 130 cm³/mol. The molecule has 1 N–H and O–H groups in total. The van der Waals surface area contributed by atoms with Crippen LogP contribution in [-0.4, -0.2) is 51.9 Å². The van der Waals surface area contributed by atoms with Crippen molar-refractivity contribution in [3.63, 3.8) is 0 Å². The average molecular weight is 497 g/mol. The van der Waals surface area contributed by atoms with Crippen LogP contribution < -0.4 is 5.32 Å². The first-order valence-electron chi connectivity index (χ1n) is 10.8. The van der Waals surface area contributed by atoms with Crippen LogP contribution in [0, 0.1) is 0 Å². The third kappa shape index (κ3) is 5.02. The maximum atomic E-state index is 13.0. The standard InChI is InChI=1S/C23H24N6O3S2/c1-28-15-22(25-16-28)34(30,31)29-10-11-32-20(14-29)19-8-5-9-21(26-19)27-23-24-13-18(33-23)12-17-6-3-2-4-7-17/h2-9,13,15-16,20H,10-12,14H2,1H3,(H,24,26,27)/t20-/m1/s1. The Labute approximate surface area is 202 Å². The molecule has 1 aliphatic rings. The number of benzene rings is 1. The summed E-state index contributed by atoms with van der Waals surface area (Å²) < 4.78 is 34.8. The molecule has 5 rings (SSSR count). The molecule has 0 radical (unpaired) electrons. The van der Waals surface area contributed by atoms with E-state index in [-0.39, 0.29) is 24.7 Å². The first-order valence-corrected chi connectivity index (χ1v) is 13.1. The molecule has 0 aliphatic carbocycles. The van der Waals surface area contributed by atoms with Crippen molar-refractivity contribution in [2.75, 3.05) is 25.0 Å². The number of anilines is 2. The minimum absolute atomic E-state index is 0.0362. The topological polar surface area (TPSA) is 102 Å². The van der Waals surface area contributed by atoms with Gasteiger partial charge >= 0.3 is 0 Å². The van der Waals surface area contributed by atoms with Crippen molar-refractivity contribution in [2.45, 2.75) is 17.6 Å². The Kier molecular flexibility index (Phi) is 6.42. The van der Waals surface area contributed by atoms with E-state index >= 15 is 0 Å². The molecule has 0 unspecified atom stereocenters. The van der Waals surface area contributed by atoms with Gasteiger partial charge in [-0.05, 0) is 17.7 Å². The second-order valence-electron chi connectivity index (χ2n) is 7.97. The SMILES string of the molecule is Cn1cnc(S(=O)(=O)N2CCO[C@@H](c3cccc(Nc4ncc(Cc5ccccc5)s4)n3)C2)c1. The number of pyridine rings is 1. The number of rotatable bonds is 7. The van der Waals surface area contributed by atoms with E-state index in [0.717, 1.165) is 16.4 Å². The number of aromatic nitrogens is 4. The van der Waals surface area contributed by atoms with E-state index in [1.165, 1.54) is 22.4 Å². The second-order valence-corrected chi connectivity index (χ2v) is 11.0. The molecular formula is C23H24N6O3S2. The molecule has 1 saturated heterocycles. The fourth-order valence-corrected chi connectivity index (χ4v) is 5.98. The summed E-state index contributed by atoms with van der Waals surface area (Å²) >= 11 is 1.58. The van der Waals surface area contributed by atoms with Gasteiger partial charge in [-0.1, -0.05) is 36.4 Å². The summed E-state index contributed by atoms with van der Waals surface area (Å²) in [6.45, 7) is 0.732. The second kappa shape index (κ2) is 9.63. The van der Waals surface area contributed by atoms with Crippen LogP contribution in [0.15, 0.2) is 72.3 Å². The highest BCUT2D eigenvalue weighted by atomic mass is 32.2. The van der Waals surface area contributed by atoms with Crippen molar-refractivity contribution in [1.82, 2.24) is 23.8 Å². The van der Waals surface area contributed by atoms with E-state index in [4.69, 9.17) is 4.74 Å². The van der Waals surface area contributed by atoms with Crippen molar-refractivity contribution in [2.24, 2.45) is 7.05 Å². The Morgan fingerprint density at radius 2 is 2.00 bits per heavy atom. The molecule has 3 aromatic heterocycles. The van der Waals surface area contributed by atoms with E-state index in [0.29, 0.717) is 11.5 Å². The summed E-state index contributed by atoms with van der Waals surface area (Å²) in [5.41, 5.74) is 1.89. The largest absolute Gasteiger partial charge is 0.369 e. The smallest absolute Gasteiger partial charge is 0.262 e. The molecule has 0 bridgehead atoms. The lowest BCUT2D eigenvalue weighted by molar-refractivity contribution is -0.00492. The molecule has 0 spiro atoms. The van der Waals surface area contributed by atoms with Crippen molar-refractivity contribution < 1.29 is 13.2 Å². The number of imidazole rings is 1. The Hall–Kier alpha value is -3.12. The lowest BCUT2D eigenvalue weighted by Gasteiger charge is -2.31. The maximum Gasteiger partial charge on any atom is 0.262 e. The van der Waals surface area contributed by atoms with Crippen LogP contribution in [0.1, 0.15) is 22.2 Å². The molecular weight excluding hydrogens is 472 g/mol. The van der Waals surface area contributed by atoms with Gasteiger partial charge in [0.2, 0.25) is 0 Å². The van der Waals surface area contributed by atoms with Gasteiger partial charge in [-0.2, -0.15) is 4.31 Å². The molecule has 1 aliphatic heterocycles. The van der Waals surface area contributed by atoms with Gasteiger partial charge in [-0.25, -0.2) is 23.4 Å². The van der Waals surface area contributed by atoms with Crippen molar-refractivity contribution in [3.8, 4) is 0 Å². The van der Waals surface area contributed by atoms with Gasteiger partial charge in [0.25, 0.3) is 10.0 Å². The van der Waals surface area contributed by atoms with E-state index in [2.05, 4.69) is 32.4 Å². The first-order chi connectivity index (χ1) is 16.5. The minimum atomic E-state index is -3.69. The number of nitrogens with zero attached hydrogens (tertiary/aromatic N) is 5. The summed E-state index contributed by atoms with van der Waals surface area (Å²) in [6, 6.07) is 15.8. The molecule has 1 atom stereocenters. The molecule has 11 heteroatoms. The Morgan fingerprint density at radius 1 is 1.15 bits per heavy atom. The van der Waals surface area contributed by atoms with Crippen LogP contribution in [0.2, 0.25) is 0 Å². The number of nitrogens with one attached hydrogen (secondary N) is 1. The molecule has 1 aromatic carbocycles. The maximum absolute atomic E-state index is 13.0. The van der Waals surface area contributed by atoms with Gasteiger partial charge in [0, 0.05) is 43.8 Å². The van der Waals surface area contributed by atoms with Crippen molar-refractivity contribution in [1.29, 1.82) is 0 Å². The quantitative estimate of drug-likeness (QED) is 0.418. The van der Waals surface area contributed by atoms with E-state index in [1.54, 1.807) is 23.0 Å². The van der Waals surface area contributed by atoms with Gasteiger partial charge in [0.1, 0.15) is 11.9 Å². The summed E-state index contributed by atoms with van der Waals surface area (Å²) in [5.74, 6) is 0.631. The molecule has 0 amide bonds. The monoisotopic (exact) mass is 496 g/mol. The zero-order valence-corrected chi connectivity index (χ0v) is 20.2. The Balaban J connectivity index is 1.28. The van der Waals surface area contributed by atoms with Crippen LogP contribution >= 0.6 is 11.3 Å². The number of thiazole rings is 1. The normalized spacial score (nSPS) is 17.0. The van der Waals surface area contributed by atoms with Crippen LogP contribution in [0.3, 0.4) is 0 Å². The summed E-state index contributed by atoms with van der Waals surface area (Å²) in [6.07, 6.45) is 5.20. The zero-order chi connectivity index (χ0) is 23.5. The lowest BCUT2D eigenvalue weighted by atomic mass is 10.1. The number of hydrogen-bond acceptors (Lipinski definition) is 8. The fraction of sp³-hybridized carbons (Fsp3) is 0.261. The van der Waals surface area contributed by atoms with E-state index in [1.807, 2.05) is 42.6 Å². The number of morpholine rings is 1. The highest BCUT2D eigenvalue weighted by Crippen LogP contribution is 2.28. The van der Waals surface area contributed by atoms with Gasteiger partial charge in [-0.15, -0.1) is 11.3 Å². The number of hydrogen-bond donors (Lipinski definition) is 1. The molecule has 9 nitrogen and oxygen atoms in total. The molecule has 176 valence electrons. The van der Waals surface area contributed by atoms with Crippen LogP contribution in [0.25, 0.3) is 0 Å². The Morgan fingerprint density at radius 3 is 2.79 bits per heavy atom. The first kappa shape index (κ1) is 22.7. The predicted octanol–water partition coefficient (Wildman–Crippen LogP) is 3.37. The van der Waals surface area contributed by atoms with Crippen LogP contribution in [0.4, 0.5) is 10.9 Å². The molecule has 1 fully saturated rings. The molecule has 34 heavy (non-hydrogen) atoms. The summed E-state index contributed by atoms with van der Waals surface area (Å²) in [5, 5.41) is 4.04.